The van der Waals surface area contributed by atoms with Crippen molar-refractivity contribution in [2.45, 2.75) is 13.8 Å². The molecule has 0 atom stereocenters. The van der Waals surface area contributed by atoms with Gasteiger partial charge in [0.15, 0.2) is 0 Å². The molecule has 0 unspecified atom stereocenters. The summed E-state index contributed by atoms with van der Waals surface area (Å²) in [6, 6.07) is 0. The number of allylic oxidation sites excluding steroid dienone is 1. The molecule has 3 N–H and O–H groups in total. The summed E-state index contributed by atoms with van der Waals surface area (Å²) >= 11 is 0. The molecule has 0 bridgehead atoms. The fourth-order valence-corrected chi connectivity index (χ4v) is 1.42. The summed E-state index contributed by atoms with van der Waals surface area (Å²) in [6.07, 6.45) is 4.30. The first-order valence-electron chi connectivity index (χ1n) is 5.00. The van der Waals surface area contributed by atoms with Crippen molar-refractivity contribution < 1.29 is 0 Å². The Balaban J connectivity index is 2.88. The van der Waals surface area contributed by atoms with Crippen molar-refractivity contribution >= 4 is 12.0 Å². The molecule has 0 spiro atoms. The van der Waals surface area contributed by atoms with Crippen LogP contribution in [0.4, 0.5) is 5.82 Å². The molecule has 1 rings (SSSR count). The Bertz CT molecular complexity index is 411. The van der Waals surface area contributed by atoms with E-state index in [1.165, 1.54) is 6.21 Å². The van der Waals surface area contributed by atoms with Crippen molar-refractivity contribution in [1.82, 2.24) is 9.97 Å². The molecule has 0 amide bonds. The first kappa shape index (κ1) is 12.2. The summed E-state index contributed by atoms with van der Waals surface area (Å²) in [5.74, 6) is 0.869. The van der Waals surface area contributed by atoms with Gasteiger partial charge >= 0.3 is 0 Å². The van der Waals surface area contributed by atoms with Gasteiger partial charge in [0.05, 0.1) is 6.54 Å². The number of hydrogen-bond donors (Lipinski definition) is 2. The Morgan fingerprint density at radius 1 is 1.50 bits per heavy atom. The lowest BCUT2D eigenvalue weighted by atomic mass is 10.2. The zero-order valence-corrected chi connectivity index (χ0v) is 9.86. The third-order valence-electron chi connectivity index (χ3n) is 2.39. The lowest BCUT2D eigenvalue weighted by molar-refractivity contribution is 0.912. The monoisotopic (exact) mass is 219 g/mol. The summed E-state index contributed by atoms with van der Waals surface area (Å²) in [7, 11) is 1.92. The molecule has 0 fully saturated rings. The third kappa shape index (κ3) is 2.79. The highest BCUT2D eigenvalue weighted by atomic mass is 15.2. The second-order valence-electron chi connectivity index (χ2n) is 3.67. The molecule has 86 valence electrons. The van der Waals surface area contributed by atoms with Gasteiger partial charge in [0.2, 0.25) is 0 Å². The first-order valence-corrected chi connectivity index (χ1v) is 5.00. The Morgan fingerprint density at radius 2 is 2.19 bits per heavy atom. The van der Waals surface area contributed by atoms with Gasteiger partial charge in [-0.25, -0.2) is 9.97 Å². The second kappa shape index (κ2) is 5.25. The fourth-order valence-electron chi connectivity index (χ4n) is 1.42. The molecule has 0 aliphatic heterocycles. The molecule has 1 heterocycles. The van der Waals surface area contributed by atoms with Crippen molar-refractivity contribution in [3.05, 3.63) is 29.4 Å². The van der Waals surface area contributed by atoms with E-state index in [9.17, 15) is 0 Å². The predicted molar refractivity (Wildman–Crippen MR) is 65.8 cm³/mol. The number of nitrogens with one attached hydrogen (secondary N) is 1. The van der Waals surface area contributed by atoms with Crippen molar-refractivity contribution in [3.63, 3.8) is 0 Å². The van der Waals surface area contributed by atoms with Crippen LogP contribution in [0.5, 0.6) is 0 Å². The third-order valence-corrected chi connectivity index (χ3v) is 2.39. The van der Waals surface area contributed by atoms with E-state index in [1.807, 2.05) is 25.8 Å². The highest BCUT2D eigenvalue weighted by molar-refractivity contribution is 5.69. The first-order chi connectivity index (χ1) is 7.56. The normalized spacial score (nSPS) is 11.3. The predicted octanol–water partition coefficient (Wildman–Crippen LogP) is 1.02. The molecule has 0 radical (unpaired) electrons. The molecular formula is C11H17N5. The highest BCUT2D eigenvalue weighted by Gasteiger charge is 2.08. The molecule has 16 heavy (non-hydrogen) atoms. The summed E-state index contributed by atoms with van der Waals surface area (Å²) in [4.78, 5) is 10.3. The van der Waals surface area contributed by atoms with Crippen LogP contribution < -0.4 is 10.6 Å². The minimum Gasteiger partial charge on any atom is -0.401 e. The van der Waals surface area contributed by atoms with Crippen molar-refractivity contribution in [3.8, 4) is 0 Å². The summed E-state index contributed by atoms with van der Waals surface area (Å²) in [5, 5.41) is 6.93. The zero-order valence-electron chi connectivity index (χ0n) is 9.86. The van der Waals surface area contributed by atoms with Crippen LogP contribution in [0.1, 0.15) is 11.3 Å². The van der Waals surface area contributed by atoms with Gasteiger partial charge < -0.3 is 16.0 Å². The van der Waals surface area contributed by atoms with E-state index in [2.05, 4.69) is 9.97 Å². The average Bonchev–Trinajstić information content (AvgIpc) is 2.22. The van der Waals surface area contributed by atoms with Crippen LogP contribution in [-0.4, -0.2) is 29.8 Å². The van der Waals surface area contributed by atoms with E-state index in [1.54, 1.807) is 12.4 Å². The summed E-state index contributed by atoms with van der Waals surface area (Å²) in [5.41, 5.74) is 8.38. The number of likely N-dealkylation sites (N-methyl/N-ethyl adjacent to an activating group) is 1. The largest absolute Gasteiger partial charge is 0.401 e. The van der Waals surface area contributed by atoms with Gasteiger partial charge in [0, 0.05) is 30.2 Å². The minimum absolute atomic E-state index is 0.548. The van der Waals surface area contributed by atoms with Gasteiger partial charge in [-0.3, -0.25) is 0 Å². The van der Waals surface area contributed by atoms with E-state index in [4.69, 9.17) is 11.1 Å². The lowest BCUT2D eigenvalue weighted by Crippen LogP contribution is -2.25. The van der Waals surface area contributed by atoms with Crippen LogP contribution in [0, 0.1) is 19.3 Å². The maximum absolute atomic E-state index is 6.93. The molecule has 5 heteroatoms. The van der Waals surface area contributed by atoms with Gasteiger partial charge in [0.1, 0.15) is 12.1 Å². The number of aryl methyl sites for hydroxylation is 1. The van der Waals surface area contributed by atoms with Crippen molar-refractivity contribution in [1.29, 1.82) is 5.41 Å². The van der Waals surface area contributed by atoms with Crippen LogP contribution >= 0.6 is 0 Å². The van der Waals surface area contributed by atoms with Gasteiger partial charge in [-0.1, -0.05) is 0 Å². The van der Waals surface area contributed by atoms with Crippen molar-refractivity contribution in [2.75, 3.05) is 18.5 Å². The quantitative estimate of drug-likeness (QED) is 0.741. The SMILES string of the molecule is Cc1ncnc(N(C)C/C(N)=C/C=N)c1C. The van der Waals surface area contributed by atoms with Gasteiger partial charge in [-0.15, -0.1) is 0 Å². The average molecular weight is 219 g/mol. The van der Waals surface area contributed by atoms with Gasteiger partial charge in [0.25, 0.3) is 0 Å². The zero-order chi connectivity index (χ0) is 12.1. The van der Waals surface area contributed by atoms with Crippen LogP contribution in [-0.2, 0) is 0 Å². The summed E-state index contributed by atoms with van der Waals surface area (Å²) in [6.45, 7) is 4.48. The smallest absolute Gasteiger partial charge is 0.135 e. The molecular weight excluding hydrogens is 202 g/mol. The maximum Gasteiger partial charge on any atom is 0.135 e. The molecule has 0 saturated carbocycles. The molecule has 0 saturated heterocycles. The highest BCUT2D eigenvalue weighted by Crippen LogP contribution is 2.16. The van der Waals surface area contributed by atoms with E-state index in [0.29, 0.717) is 12.2 Å². The molecule has 0 aromatic carbocycles. The maximum atomic E-state index is 6.93. The van der Waals surface area contributed by atoms with E-state index in [-0.39, 0.29) is 0 Å². The number of nitrogens with two attached hydrogens (primary N) is 1. The van der Waals surface area contributed by atoms with E-state index >= 15 is 0 Å². The van der Waals surface area contributed by atoms with E-state index < -0.39 is 0 Å². The van der Waals surface area contributed by atoms with Crippen LogP contribution in [0.25, 0.3) is 0 Å². The number of hydrogen-bond acceptors (Lipinski definition) is 5. The molecule has 1 aromatic rings. The second-order valence-corrected chi connectivity index (χ2v) is 3.67. The van der Waals surface area contributed by atoms with Crippen LogP contribution in [0.15, 0.2) is 18.1 Å². The van der Waals surface area contributed by atoms with E-state index in [0.717, 1.165) is 17.1 Å². The topological polar surface area (TPSA) is 78.9 Å². The molecule has 5 nitrogen and oxygen atoms in total. The van der Waals surface area contributed by atoms with Crippen LogP contribution in [0.2, 0.25) is 0 Å². The molecule has 1 aromatic heterocycles. The Labute approximate surface area is 95.5 Å². The number of aromatic nitrogens is 2. The Kier molecular flexibility index (Phi) is 3.99. The molecule has 0 aliphatic carbocycles. The van der Waals surface area contributed by atoms with Gasteiger partial charge in [-0.2, -0.15) is 0 Å². The van der Waals surface area contributed by atoms with Crippen LogP contribution in [0.3, 0.4) is 0 Å². The van der Waals surface area contributed by atoms with Gasteiger partial charge in [-0.05, 0) is 19.9 Å². The fraction of sp³-hybridized carbons (Fsp3) is 0.364. The number of anilines is 1. The lowest BCUT2D eigenvalue weighted by Gasteiger charge is -2.20. The number of nitrogens with zero attached hydrogens (tertiary/aromatic N) is 3. The minimum atomic E-state index is 0.548. The number of rotatable bonds is 4. The van der Waals surface area contributed by atoms with Crippen molar-refractivity contribution in [2.24, 2.45) is 5.73 Å². The Hall–Kier alpha value is -1.91. The molecule has 0 aliphatic rings. The standard InChI is InChI=1S/C11H17N5/c1-8-9(2)14-7-15-11(8)16(3)6-10(13)4-5-12/h4-5,7,12H,6,13H2,1-3H3/b10-4-,12-5?. The Morgan fingerprint density at radius 3 is 2.81 bits per heavy atom. The summed E-state index contributed by atoms with van der Waals surface area (Å²) < 4.78 is 0.